The number of nitrogens with one attached hydrogen (secondary N) is 2. The smallest absolute Gasteiger partial charge is 0.227 e. The fraction of sp³-hybridized carbons (Fsp3) is 0.600. The molecule has 0 spiro atoms. The Morgan fingerprint density at radius 2 is 2.00 bits per heavy atom. The molecule has 169 valence electrons. The molecule has 2 aromatic heterocycles. The molecule has 2 aromatic rings. The van der Waals surface area contributed by atoms with Crippen LogP contribution in [0.2, 0.25) is 0 Å². The van der Waals surface area contributed by atoms with Crippen LogP contribution in [0.25, 0.3) is 0 Å². The second-order valence-electron chi connectivity index (χ2n) is 8.40. The second-order valence-corrected chi connectivity index (χ2v) is 10.6. The Hall–Kier alpha value is -2.27. The third-order valence-electron chi connectivity index (χ3n) is 6.29. The van der Waals surface area contributed by atoms with Crippen molar-refractivity contribution in [1.29, 1.82) is 0 Å². The maximum atomic E-state index is 14.6. The van der Waals surface area contributed by atoms with Crippen molar-refractivity contribution in [3.63, 3.8) is 0 Å². The van der Waals surface area contributed by atoms with Crippen LogP contribution in [0.15, 0.2) is 6.07 Å². The van der Waals surface area contributed by atoms with Crippen LogP contribution in [0.4, 0.5) is 22.0 Å². The number of rotatable bonds is 6. The SMILES string of the molecule is [CH2]c1nc(N(C)[C@H]2C[C@H]3CCC[C@@H](C2)N3S(=O)(=O)CC)nc(Nc2cc(C)[nH]n2)c1F. The average molecular weight is 451 g/mol. The number of hydrogen-bond donors (Lipinski definition) is 2. The summed E-state index contributed by atoms with van der Waals surface area (Å²) in [7, 11) is -1.37. The number of anilines is 3. The second kappa shape index (κ2) is 8.34. The van der Waals surface area contributed by atoms with Gasteiger partial charge in [-0.15, -0.1) is 0 Å². The average Bonchev–Trinajstić information content (AvgIpc) is 3.14. The van der Waals surface area contributed by atoms with E-state index in [2.05, 4.69) is 32.4 Å². The molecule has 0 saturated carbocycles. The summed E-state index contributed by atoms with van der Waals surface area (Å²) in [5.41, 5.74) is 0.835. The molecule has 1 radical (unpaired) electrons. The molecular weight excluding hydrogens is 421 g/mol. The number of aryl methyl sites for hydroxylation is 1. The van der Waals surface area contributed by atoms with Gasteiger partial charge in [-0.05, 0) is 46.5 Å². The summed E-state index contributed by atoms with van der Waals surface area (Å²) < 4.78 is 41.6. The van der Waals surface area contributed by atoms with Gasteiger partial charge in [0.1, 0.15) is 0 Å². The van der Waals surface area contributed by atoms with E-state index in [0.29, 0.717) is 24.6 Å². The molecule has 2 aliphatic heterocycles. The predicted octanol–water partition coefficient (Wildman–Crippen LogP) is 2.74. The summed E-state index contributed by atoms with van der Waals surface area (Å²) in [6.07, 6.45) is 4.14. The Bertz CT molecular complexity index is 1040. The number of hydrogen-bond acceptors (Lipinski definition) is 7. The highest BCUT2D eigenvalue weighted by Gasteiger charge is 2.45. The molecule has 2 fully saturated rings. The van der Waals surface area contributed by atoms with Gasteiger partial charge in [0.2, 0.25) is 16.0 Å². The third-order valence-corrected chi connectivity index (χ3v) is 8.26. The molecule has 9 nitrogen and oxygen atoms in total. The fourth-order valence-corrected chi connectivity index (χ4v) is 6.31. The monoisotopic (exact) mass is 450 g/mol. The third kappa shape index (κ3) is 4.25. The first kappa shape index (κ1) is 21.9. The summed E-state index contributed by atoms with van der Waals surface area (Å²) in [4.78, 5) is 10.6. The first-order chi connectivity index (χ1) is 14.7. The lowest BCUT2D eigenvalue weighted by molar-refractivity contribution is 0.109. The van der Waals surface area contributed by atoms with Gasteiger partial charge in [-0.1, -0.05) is 6.42 Å². The number of fused-ring (bicyclic) bond motifs is 2. The highest BCUT2D eigenvalue weighted by Crippen LogP contribution is 2.38. The van der Waals surface area contributed by atoms with Gasteiger partial charge in [0.05, 0.1) is 11.4 Å². The van der Waals surface area contributed by atoms with E-state index >= 15 is 0 Å². The molecule has 0 unspecified atom stereocenters. The van der Waals surface area contributed by atoms with Crippen LogP contribution in [0.3, 0.4) is 0 Å². The number of H-pyrrole nitrogens is 1. The molecule has 0 amide bonds. The Balaban J connectivity index is 1.58. The van der Waals surface area contributed by atoms with Crippen LogP contribution >= 0.6 is 0 Å². The summed E-state index contributed by atoms with van der Waals surface area (Å²) >= 11 is 0. The zero-order chi connectivity index (χ0) is 22.3. The molecule has 0 aromatic carbocycles. The van der Waals surface area contributed by atoms with E-state index in [1.54, 1.807) is 17.3 Å². The van der Waals surface area contributed by atoms with Gasteiger partial charge < -0.3 is 10.2 Å². The lowest BCUT2D eigenvalue weighted by atomic mass is 9.83. The standard InChI is InChI=1S/C20H29FN7O2S/c1-5-31(29,30)28-14-7-6-8-15(28)11-16(10-14)27(4)20-22-13(3)18(21)19(24-20)23-17-9-12(2)25-26-17/h9,14-16H,3,5-8,10-11H2,1-2,4H3,(H2,22,23,24,25,26)/t14-,15+,16+. The highest BCUT2D eigenvalue weighted by atomic mass is 32.2. The van der Waals surface area contributed by atoms with Gasteiger partial charge in [-0.3, -0.25) is 5.10 Å². The molecule has 31 heavy (non-hydrogen) atoms. The van der Waals surface area contributed by atoms with Crippen molar-refractivity contribution >= 4 is 27.6 Å². The largest absolute Gasteiger partial charge is 0.341 e. The van der Waals surface area contributed by atoms with Crippen molar-refractivity contribution in [2.24, 2.45) is 0 Å². The Kier molecular flexibility index (Phi) is 5.91. The van der Waals surface area contributed by atoms with Gasteiger partial charge in [0.25, 0.3) is 0 Å². The predicted molar refractivity (Wildman–Crippen MR) is 117 cm³/mol. The van der Waals surface area contributed by atoms with Crippen molar-refractivity contribution in [3.8, 4) is 0 Å². The minimum atomic E-state index is -3.24. The summed E-state index contributed by atoms with van der Waals surface area (Å²) in [6, 6.07) is 1.77. The number of halogens is 1. The number of sulfonamides is 1. The first-order valence-electron chi connectivity index (χ1n) is 10.6. The van der Waals surface area contributed by atoms with Crippen LogP contribution < -0.4 is 10.2 Å². The lowest BCUT2D eigenvalue weighted by Gasteiger charge is -2.49. The molecule has 2 N–H and O–H groups in total. The first-order valence-corrected chi connectivity index (χ1v) is 12.2. The number of piperidine rings is 2. The van der Waals surface area contributed by atoms with E-state index in [4.69, 9.17) is 0 Å². The zero-order valence-electron chi connectivity index (χ0n) is 18.1. The molecule has 4 rings (SSSR count). The number of aromatic amines is 1. The van der Waals surface area contributed by atoms with E-state index in [0.717, 1.165) is 25.0 Å². The lowest BCUT2D eigenvalue weighted by Crippen LogP contribution is -2.58. The maximum Gasteiger partial charge on any atom is 0.227 e. The molecular formula is C20H29FN7O2S. The molecule has 4 heterocycles. The van der Waals surface area contributed by atoms with E-state index < -0.39 is 15.8 Å². The van der Waals surface area contributed by atoms with E-state index in [-0.39, 0.29) is 35.4 Å². The normalized spacial score (nSPS) is 24.2. The maximum absolute atomic E-state index is 14.6. The van der Waals surface area contributed by atoms with E-state index in [9.17, 15) is 12.8 Å². The quantitative estimate of drug-likeness (QED) is 0.697. The van der Waals surface area contributed by atoms with Crippen LogP contribution in [0, 0.1) is 19.7 Å². The minimum Gasteiger partial charge on any atom is -0.341 e. The van der Waals surface area contributed by atoms with Crippen molar-refractivity contribution in [1.82, 2.24) is 24.5 Å². The van der Waals surface area contributed by atoms with Crippen molar-refractivity contribution in [2.45, 2.75) is 64.1 Å². The van der Waals surface area contributed by atoms with Crippen molar-refractivity contribution < 1.29 is 12.8 Å². The van der Waals surface area contributed by atoms with Gasteiger partial charge in [-0.25, -0.2) is 17.8 Å². The minimum absolute atomic E-state index is 0.00204. The van der Waals surface area contributed by atoms with Crippen LogP contribution in [-0.4, -0.2) is 63.8 Å². The highest BCUT2D eigenvalue weighted by molar-refractivity contribution is 7.89. The van der Waals surface area contributed by atoms with E-state index in [1.807, 2.05) is 18.9 Å². The molecule has 3 atom stereocenters. The molecule has 2 saturated heterocycles. The Morgan fingerprint density at radius 1 is 1.32 bits per heavy atom. The molecule has 11 heteroatoms. The number of aromatic nitrogens is 4. The number of nitrogens with zero attached hydrogens (tertiary/aromatic N) is 5. The zero-order valence-corrected chi connectivity index (χ0v) is 18.9. The van der Waals surface area contributed by atoms with Crippen molar-refractivity contribution in [3.05, 3.63) is 30.2 Å². The summed E-state index contributed by atoms with van der Waals surface area (Å²) in [5, 5.41) is 9.75. The van der Waals surface area contributed by atoms with Gasteiger partial charge >= 0.3 is 0 Å². The van der Waals surface area contributed by atoms with Crippen LogP contribution in [-0.2, 0) is 10.0 Å². The summed E-state index contributed by atoms with van der Waals surface area (Å²) in [5.74, 6) is 0.318. The molecule has 2 aliphatic rings. The van der Waals surface area contributed by atoms with Gasteiger partial charge in [-0.2, -0.15) is 14.4 Å². The van der Waals surface area contributed by atoms with Crippen LogP contribution in [0.1, 0.15) is 50.4 Å². The Morgan fingerprint density at radius 3 is 2.58 bits per heavy atom. The fourth-order valence-electron chi connectivity index (χ4n) is 4.72. The topological polar surface area (TPSA) is 107 Å². The Labute approximate surface area is 182 Å². The van der Waals surface area contributed by atoms with Gasteiger partial charge in [0.15, 0.2) is 17.5 Å². The summed E-state index contributed by atoms with van der Waals surface area (Å²) in [6.45, 7) is 7.26. The van der Waals surface area contributed by atoms with E-state index in [1.165, 1.54) is 0 Å². The van der Waals surface area contributed by atoms with Gasteiger partial charge in [0, 0.05) is 36.9 Å². The molecule has 0 aliphatic carbocycles. The molecule has 2 bridgehead atoms. The van der Waals surface area contributed by atoms with Crippen LogP contribution in [0.5, 0.6) is 0 Å². The van der Waals surface area contributed by atoms with Crippen molar-refractivity contribution in [2.75, 3.05) is 23.0 Å².